The Labute approximate surface area is 124 Å². The van der Waals surface area contributed by atoms with Gasteiger partial charge in [-0.05, 0) is 18.4 Å². The summed E-state index contributed by atoms with van der Waals surface area (Å²) in [6, 6.07) is 10.2. The zero-order chi connectivity index (χ0) is 14.7. The second-order valence-electron chi connectivity index (χ2n) is 5.96. The molecule has 0 radical (unpaired) electrons. The van der Waals surface area contributed by atoms with Crippen molar-refractivity contribution in [3.63, 3.8) is 0 Å². The summed E-state index contributed by atoms with van der Waals surface area (Å²) >= 11 is 0. The Morgan fingerprint density at radius 3 is 2.76 bits per heavy atom. The van der Waals surface area contributed by atoms with E-state index in [4.69, 9.17) is 4.74 Å². The van der Waals surface area contributed by atoms with Crippen LogP contribution in [0.5, 0.6) is 0 Å². The third kappa shape index (κ3) is 3.95. The van der Waals surface area contributed by atoms with Gasteiger partial charge in [0.1, 0.15) is 6.61 Å². The topological polar surface area (TPSA) is 61.8 Å². The third-order valence-electron chi connectivity index (χ3n) is 4.12. The highest BCUT2D eigenvalue weighted by atomic mass is 16.6. The Hall–Kier alpha value is -1.59. The van der Waals surface area contributed by atoms with Crippen molar-refractivity contribution >= 4 is 6.09 Å². The molecule has 0 bridgehead atoms. The fourth-order valence-electron chi connectivity index (χ4n) is 2.62. The molecular formula is C16H22N2O3. The Morgan fingerprint density at radius 2 is 2.05 bits per heavy atom. The van der Waals surface area contributed by atoms with Crippen molar-refractivity contribution in [2.45, 2.75) is 31.6 Å². The summed E-state index contributed by atoms with van der Waals surface area (Å²) in [5.74, 6) is 0.106. The Balaban J connectivity index is 1.44. The summed E-state index contributed by atoms with van der Waals surface area (Å²) in [5.41, 5.74) is 0.970. The molecule has 2 N–H and O–H groups in total. The molecule has 114 valence electrons. The second-order valence-corrected chi connectivity index (χ2v) is 5.96. The van der Waals surface area contributed by atoms with Crippen molar-refractivity contribution < 1.29 is 14.6 Å². The van der Waals surface area contributed by atoms with Crippen molar-refractivity contribution in [1.82, 2.24) is 10.2 Å². The van der Waals surface area contributed by atoms with Crippen LogP contribution < -0.4 is 5.32 Å². The molecule has 3 rings (SSSR count). The zero-order valence-corrected chi connectivity index (χ0v) is 12.1. The Morgan fingerprint density at radius 1 is 1.29 bits per heavy atom. The molecule has 21 heavy (non-hydrogen) atoms. The van der Waals surface area contributed by atoms with E-state index in [1.165, 1.54) is 12.8 Å². The van der Waals surface area contributed by atoms with E-state index < -0.39 is 6.10 Å². The van der Waals surface area contributed by atoms with Crippen LogP contribution in [0.2, 0.25) is 0 Å². The summed E-state index contributed by atoms with van der Waals surface area (Å²) < 4.78 is 5.30. The molecule has 1 unspecified atom stereocenters. The van der Waals surface area contributed by atoms with Crippen LogP contribution >= 0.6 is 0 Å². The molecule has 1 aromatic rings. The number of β-amino-alcohol motifs (C(OH)–C–C–N with tert-alkyl or cyclic N) is 1. The molecule has 1 aromatic carbocycles. The number of carbonyl (C=O) groups is 1. The van der Waals surface area contributed by atoms with Gasteiger partial charge in [-0.15, -0.1) is 0 Å². The molecule has 1 saturated heterocycles. The van der Waals surface area contributed by atoms with E-state index >= 15 is 0 Å². The lowest BCUT2D eigenvalue weighted by Gasteiger charge is -2.16. The molecule has 1 saturated carbocycles. The molecular weight excluding hydrogens is 268 g/mol. The number of nitrogens with zero attached hydrogens (tertiary/aromatic N) is 1. The van der Waals surface area contributed by atoms with E-state index in [1.807, 2.05) is 30.3 Å². The number of amides is 1. The molecule has 1 aliphatic carbocycles. The highest BCUT2D eigenvalue weighted by Gasteiger charge is 2.35. The lowest BCUT2D eigenvalue weighted by atomic mass is 10.1. The molecule has 5 heteroatoms. The number of nitrogens with one attached hydrogen (secondary N) is 1. The number of aliphatic hydroxyl groups excluding tert-OH is 1. The first kappa shape index (κ1) is 14.4. The predicted molar refractivity (Wildman–Crippen MR) is 78.7 cm³/mol. The second kappa shape index (κ2) is 6.45. The number of carbonyl (C=O) groups excluding carboxylic acids is 1. The average molecular weight is 290 g/mol. The van der Waals surface area contributed by atoms with Crippen LogP contribution in [0.4, 0.5) is 4.79 Å². The van der Waals surface area contributed by atoms with Gasteiger partial charge in [-0.1, -0.05) is 30.3 Å². The Kier molecular flexibility index (Phi) is 4.41. The summed E-state index contributed by atoms with van der Waals surface area (Å²) in [6.07, 6.45) is 1.66. The third-order valence-corrected chi connectivity index (χ3v) is 4.12. The maximum atomic E-state index is 12.0. The van der Waals surface area contributed by atoms with Crippen LogP contribution in [0, 0.1) is 5.92 Å². The smallest absolute Gasteiger partial charge is 0.410 e. The van der Waals surface area contributed by atoms with E-state index in [0.29, 0.717) is 19.1 Å². The molecule has 2 fully saturated rings. The number of hydrogen-bond acceptors (Lipinski definition) is 4. The molecule has 1 amide bonds. The lowest BCUT2D eigenvalue weighted by molar-refractivity contribution is 0.0967. The molecule has 2 atom stereocenters. The highest BCUT2D eigenvalue weighted by molar-refractivity contribution is 5.68. The molecule has 1 heterocycles. The number of likely N-dealkylation sites (tertiary alicyclic amines) is 1. The van der Waals surface area contributed by atoms with Gasteiger partial charge in [0.05, 0.1) is 12.6 Å². The van der Waals surface area contributed by atoms with Gasteiger partial charge >= 0.3 is 6.09 Å². The number of benzene rings is 1. The maximum absolute atomic E-state index is 12.0. The summed E-state index contributed by atoms with van der Waals surface area (Å²) in [5, 5.41) is 13.4. The van der Waals surface area contributed by atoms with Gasteiger partial charge in [0.2, 0.25) is 0 Å². The summed E-state index contributed by atoms with van der Waals surface area (Å²) in [6.45, 7) is 1.98. The molecule has 0 spiro atoms. The van der Waals surface area contributed by atoms with Gasteiger partial charge in [0.25, 0.3) is 0 Å². The number of hydrogen-bond donors (Lipinski definition) is 2. The first-order valence-corrected chi connectivity index (χ1v) is 7.59. The zero-order valence-electron chi connectivity index (χ0n) is 12.1. The van der Waals surface area contributed by atoms with E-state index in [2.05, 4.69) is 5.32 Å². The van der Waals surface area contributed by atoms with Gasteiger partial charge in [-0.2, -0.15) is 0 Å². The van der Waals surface area contributed by atoms with E-state index in [1.54, 1.807) is 4.90 Å². The van der Waals surface area contributed by atoms with E-state index in [0.717, 1.165) is 12.1 Å². The number of rotatable bonds is 5. The first-order chi connectivity index (χ1) is 10.2. The predicted octanol–water partition coefficient (Wildman–Crippen LogP) is 1.37. The molecule has 1 aliphatic heterocycles. The number of aliphatic hydroxyl groups is 1. The van der Waals surface area contributed by atoms with Crippen LogP contribution in [0.3, 0.4) is 0 Å². The standard InChI is InChI=1S/C16H22N2O3/c19-15-10-18(9-13(15)8-17-14-6-7-14)16(20)21-11-12-4-2-1-3-5-12/h1-5,13-15,17,19H,6-11H2/t13-,15?/m1/s1. The first-order valence-electron chi connectivity index (χ1n) is 7.59. The van der Waals surface area contributed by atoms with Gasteiger partial charge < -0.3 is 20.1 Å². The fraction of sp³-hybridized carbons (Fsp3) is 0.562. The van der Waals surface area contributed by atoms with Crippen molar-refractivity contribution in [2.24, 2.45) is 5.92 Å². The fourth-order valence-corrected chi connectivity index (χ4v) is 2.62. The highest BCUT2D eigenvalue weighted by Crippen LogP contribution is 2.22. The van der Waals surface area contributed by atoms with Gasteiger partial charge in [0.15, 0.2) is 0 Å². The van der Waals surface area contributed by atoms with Crippen molar-refractivity contribution in [3.8, 4) is 0 Å². The van der Waals surface area contributed by atoms with Crippen molar-refractivity contribution in [3.05, 3.63) is 35.9 Å². The molecule has 0 aromatic heterocycles. The largest absolute Gasteiger partial charge is 0.445 e. The van der Waals surface area contributed by atoms with Crippen LogP contribution in [0.1, 0.15) is 18.4 Å². The minimum absolute atomic E-state index is 0.106. The van der Waals surface area contributed by atoms with Gasteiger partial charge in [-0.25, -0.2) is 4.79 Å². The SMILES string of the molecule is O=C(OCc1ccccc1)N1CC(O)[C@H](CNC2CC2)C1. The van der Waals surface area contributed by atoms with E-state index in [9.17, 15) is 9.90 Å². The number of ether oxygens (including phenoxy) is 1. The molecule has 5 nitrogen and oxygen atoms in total. The maximum Gasteiger partial charge on any atom is 0.410 e. The normalized spacial score (nSPS) is 25.1. The van der Waals surface area contributed by atoms with Crippen LogP contribution in [-0.4, -0.2) is 47.9 Å². The van der Waals surface area contributed by atoms with Crippen molar-refractivity contribution in [1.29, 1.82) is 0 Å². The quantitative estimate of drug-likeness (QED) is 0.860. The minimum atomic E-state index is -0.458. The molecule has 2 aliphatic rings. The van der Waals surface area contributed by atoms with Crippen molar-refractivity contribution in [2.75, 3.05) is 19.6 Å². The summed E-state index contributed by atoms with van der Waals surface area (Å²) in [4.78, 5) is 13.6. The van der Waals surface area contributed by atoms with Crippen LogP contribution in [0.15, 0.2) is 30.3 Å². The monoisotopic (exact) mass is 290 g/mol. The van der Waals surface area contributed by atoms with Gasteiger partial charge in [0, 0.05) is 25.0 Å². The average Bonchev–Trinajstić information content (AvgIpc) is 3.26. The van der Waals surface area contributed by atoms with E-state index in [-0.39, 0.29) is 18.6 Å². The van der Waals surface area contributed by atoms with Crippen LogP contribution in [-0.2, 0) is 11.3 Å². The van der Waals surface area contributed by atoms with Crippen LogP contribution in [0.25, 0.3) is 0 Å². The summed E-state index contributed by atoms with van der Waals surface area (Å²) in [7, 11) is 0. The minimum Gasteiger partial charge on any atom is -0.445 e. The Bertz CT molecular complexity index is 476. The van der Waals surface area contributed by atoms with Gasteiger partial charge in [-0.3, -0.25) is 0 Å². The lowest BCUT2D eigenvalue weighted by Crippen LogP contribution is -2.32.